The van der Waals surface area contributed by atoms with Gasteiger partial charge in [0.15, 0.2) is 5.89 Å². The number of aromatic nitrogens is 1. The van der Waals surface area contributed by atoms with E-state index in [4.69, 9.17) is 4.42 Å². The molecule has 0 aliphatic heterocycles. The number of rotatable bonds is 1. The largest absolute Gasteiger partial charge is 0.445 e. The number of aryl methyl sites for hydroxylation is 2. The highest BCUT2D eigenvalue weighted by Gasteiger charge is 2.02. The minimum atomic E-state index is 0.692. The number of hydrogen-bond acceptors (Lipinski definition) is 3. The summed E-state index contributed by atoms with van der Waals surface area (Å²) in [6.07, 6.45) is 0.861. The van der Waals surface area contributed by atoms with E-state index in [-0.39, 0.29) is 0 Å². The Labute approximate surface area is 59.7 Å². The van der Waals surface area contributed by atoms with Crippen LogP contribution in [0.4, 0.5) is 0 Å². The van der Waals surface area contributed by atoms with Crippen LogP contribution < -0.4 is 0 Å². The minimum absolute atomic E-state index is 0.692. The number of thiol groups is 1. The Hall–Kier alpha value is -0.440. The number of nitrogens with zero attached hydrogens (tertiary/aromatic N) is 1. The van der Waals surface area contributed by atoms with Gasteiger partial charge in [0, 0.05) is 13.3 Å². The fourth-order valence-corrected chi connectivity index (χ4v) is 1.03. The van der Waals surface area contributed by atoms with E-state index >= 15 is 0 Å². The molecule has 0 atom stereocenters. The Morgan fingerprint density at radius 2 is 2.33 bits per heavy atom. The van der Waals surface area contributed by atoms with Crippen LogP contribution in [0.3, 0.4) is 0 Å². The van der Waals surface area contributed by atoms with Crippen LogP contribution in [-0.4, -0.2) is 4.98 Å². The van der Waals surface area contributed by atoms with Gasteiger partial charge in [-0.2, -0.15) is 0 Å². The first-order chi connectivity index (χ1) is 4.24. The predicted molar refractivity (Wildman–Crippen MR) is 37.9 cm³/mol. The predicted octanol–water partition coefficient (Wildman–Crippen LogP) is 1.83. The second-order valence-corrected chi connectivity index (χ2v) is 2.26. The van der Waals surface area contributed by atoms with Gasteiger partial charge in [0.05, 0.1) is 0 Å². The molecule has 2 nitrogen and oxygen atoms in total. The van der Waals surface area contributed by atoms with Crippen molar-refractivity contribution in [3.8, 4) is 0 Å². The van der Waals surface area contributed by atoms with Crippen LogP contribution >= 0.6 is 12.6 Å². The van der Waals surface area contributed by atoms with Gasteiger partial charge in [0.1, 0.15) is 10.8 Å². The second kappa shape index (κ2) is 2.43. The fraction of sp³-hybridized carbons (Fsp3) is 0.500. The monoisotopic (exact) mass is 143 g/mol. The van der Waals surface area contributed by atoms with Crippen LogP contribution in [0, 0.1) is 6.92 Å². The van der Waals surface area contributed by atoms with Crippen LogP contribution in [0.1, 0.15) is 18.6 Å². The molecular formula is C6H9NOS. The molecule has 0 amide bonds. The Kier molecular flexibility index (Phi) is 1.81. The van der Waals surface area contributed by atoms with E-state index in [9.17, 15) is 0 Å². The lowest BCUT2D eigenvalue weighted by Gasteiger charge is -1.84. The van der Waals surface area contributed by atoms with Crippen molar-refractivity contribution in [3.63, 3.8) is 0 Å². The molecule has 0 spiro atoms. The van der Waals surface area contributed by atoms with Crippen LogP contribution in [0.5, 0.6) is 0 Å². The lowest BCUT2D eigenvalue weighted by atomic mass is 10.4. The van der Waals surface area contributed by atoms with Crippen LogP contribution in [0.15, 0.2) is 9.44 Å². The third-order valence-corrected chi connectivity index (χ3v) is 1.45. The van der Waals surface area contributed by atoms with Gasteiger partial charge < -0.3 is 4.42 Å². The van der Waals surface area contributed by atoms with Crippen molar-refractivity contribution in [1.29, 1.82) is 0 Å². The zero-order chi connectivity index (χ0) is 6.85. The average molecular weight is 143 g/mol. The van der Waals surface area contributed by atoms with Gasteiger partial charge in [-0.15, -0.1) is 12.6 Å². The molecule has 0 saturated carbocycles. The molecule has 1 aromatic rings. The average Bonchev–Trinajstić information content (AvgIpc) is 2.10. The molecule has 1 heterocycles. The van der Waals surface area contributed by atoms with E-state index in [0.717, 1.165) is 17.2 Å². The molecule has 0 bridgehead atoms. The quantitative estimate of drug-likeness (QED) is 0.607. The summed E-state index contributed by atoms with van der Waals surface area (Å²) in [4.78, 5) is 3.98. The minimum Gasteiger partial charge on any atom is -0.445 e. The highest BCUT2D eigenvalue weighted by Crippen LogP contribution is 2.13. The summed E-state index contributed by atoms with van der Waals surface area (Å²) >= 11 is 4.09. The molecule has 1 rings (SSSR count). The summed E-state index contributed by atoms with van der Waals surface area (Å²) in [6.45, 7) is 3.83. The summed E-state index contributed by atoms with van der Waals surface area (Å²) in [5.74, 6) is 1.56. The van der Waals surface area contributed by atoms with E-state index in [1.807, 2.05) is 13.8 Å². The number of hydrogen-bond donors (Lipinski definition) is 1. The maximum atomic E-state index is 5.18. The summed E-state index contributed by atoms with van der Waals surface area (Å²) in [6, 6.07) is 0. The van der Waals surface area contributed by atoms with E-state index in [1.54, 1.807) is 0 Å². The van der Waals surface area contributed by atoms with Crippen molar-refractivity contribution in [3.05, 3.63) is 11.7 Å². The van der Waals surface area contributed by atoms with Crippen molar-refractivity contribution >= 4 is 12.6 Å². The normalized spacial score (nSPS) is 10.1. The Morgan fingerprint density at radius 1 is 1.67 bits per heavy atom. The van der Waals surface area contributed by atoms with Gasteiger partial charge in [-0.25, -0.2) is 4.98 Å². The molecule has 50 valence electrons. The summed E-state index contributed by atoms with van der Waals surface area (Å²) in [5, 5.41) is 0.718. The molecule has 3 heteroatoms. The van der Waals surface area contributed by atoms with Gasteiger partial charge >= 0.3 is 0 Å². The molecule has 1 aromatic heterocycles. The highest BCUT2D eigenvalue weighted by molar-refractivity contribution is 7.80. The van der Waals surface area contributed by atoms with Gasteiger partial charge in [-0.3, -0.25) is 0 Å². The van der Waals surface area contributed by atoms with Crippen molar-refractivity contribution in [2.75, 3.05) is 0 Å². The van der Waals surface area contributed by atoms with E-state index in [0.29, 0.717) is 5.89 Å². The Morgan fingerprint density at radius 3 is 2.56 bits per heavy atom. The van der Waals surface area contributed by atoms with Gasteiger partial charge in [-0.05, 0) is 0 Å². The highest BCUT2D eigenvalue weighted by atomic mass is 32.1. The standard InChI is InChI=1S/C6H9NOS/c1-3-5-6(9)7-4(2)8-5/h9H,3H2,1-2H3. The first kappa shape index (κ1) is 6.68. The molecular weight excluding hydrogens is 134 g/mol. The second-order valence-electron chi connectivity index (χ2n) is 1.83. The SMILES string of the molecule is CCc1oc(C)nc1S. The molecule has 9 heavy (non-hydrogen) atoms. The lowest BCUT2D eigenvalue weighted by Crippen LogP contribution is -1.73. The van der Waals surface area contributed by atoms with E-state index in [1.165, 1.54) is 0 Å². The molecule has 0 unspecified atom stereocenters. The fourth-order valence-electron chi connectivity index (χ4n) is 0.689. The molecule has 0 aliphatic rings. The molecule has 0 fully saturated rings. The summed E-state index contributed by atoms with van der Waals surface area (Å²) < 4.78 is 5.18. The van der Waals surface area contributed by atoms with Crippen LogP contribution in [-0.2, 0) is 6.42 Å². The van der Waals surface area contributed by atoms with E-state index < -0.39 is 0 Å². The molecule has 0 aliphatic carbocycles. The van der Waals surface area contributed by atoms with Crippen molar-refractivity contribution in [1.82, 2.24) is 4.98 Å². The first-order valence-electron chi connectivity index (χ1n) is 2.89. The Balaban J connectivity index is 3.01. The van der Waals surface area contributed by atoms with Crippen molar-refractivity contribution in [2.45, 2.75) is 25.3 Å². The third-order valence-electron chi connectivity index (χ3n) is 1.10. The lowest BCUT2D eigenvalue weighted by molar-refractivity contribution is 0.476. The number of oxazole rings is 1. The smallest absolute Gasteiger partial charge is 0.192 e. The zero-order valence-electron chi connectivity index (χ0n) is 5.51. The summed E-state index contributed by atoms with van der Waals surface area (Å²) in [7, 11) is 0. The van der Waals surface area contributed by atoms with Crippen molar-refractivity contribution in [2.24, 2.45) is 0 Å². The maximum absolute atomic E-state index is 5.18. The zero-order valence-corrected chi connectivity index (χ0v) is 6.40. The Bertz CT molecular complexity index is 207. The molecule has 0 aromatic carbocycles. The summed E-state index contributed by atoms with van der Waals surface area (Å²) in [5.41, 5.74) is 0. The third kappa shape index (κ3) is 1.27. The van der Waals surface area contributed by atoms with Crippen LogP contribution in [0.25, 0.3) is 0 Å². The maximum Gasteiger partial charge on any atom is 0.192 e. The van der Waals surface area contributed by atoms with Gasteiger partial charge in [0.2, 0.25) is 0 Å². The molecule has 0 radical (unpaired) electrons. The molecule has 0 saturated heterocycles. The van der Waals surface area contributed by atoms with E-state index in [2.05, 4.69) is 17.6 Å². The first-order valence-corrected chi connectivity index (χ1v) is 3.34. The van der Waals surface area contributed by atoms with Gasteiger partial charge in [0.25, 0.3) is 0 Å². The topological polar surface area (TPSA) is 26.0 Å². The van der Waals surface area contributed by atoms with Gasteiger partial charge in [-0.1, -0.05) is 6.92 Å². The van der Waals surface area contributed by atoms with Crippen LogP contribution in [0.2, 0.25) is 0 Å². The molecule has 0 N–H and O–H groups in total. The van der Waals surface area contributed by atoms with Crippen molar-refractivity contribution < 1.29 is 4.42 Å².